The Morgan fingerprint density at radius 2 is 1.93 bits per heavy atom. The maximum Gasteiger partial charge on any atom is 0.193 e. The normalized spacial score (nSPS) is 9.53. The molecule has 2 aromatic heterocycles. The maximum absolute atomic E-state index is 8.60. The third-order valence-corrected chi connectivity index (χ3v) is 2.45. The summed E-state index contributed by atoms with van der Waals surface area (Å²) in [5, 5.41) is 10.0. The molecule has 0 saturated heterocycles. The van der Waals surface area contributed by atoms with E-state index in [1.807, 2.05) is 6.07 Å². The third-order valence-electron chi connectivity index (χ3n) is 1.60. The van der Waals surface area contributed by atoms with Crippen molar-refractivity contribution in [2.24, 2.45) is 0 Å². The number of hydrogen-bond acceptors (Lipinski definition) is 5. The lowest BCUT2D eigenvalue weighted by Gasteiger charge is -1.97. The van der Waals surface area contributed by atoms with Gasteiger partial charge in [0.05, 0.1) is 5.56 Å². The van der Waals surface area contributed by atoms with Crippen LogP contribution < -0.4 is 0 Å². The second-order valence-corrected chi connectivity index (χ2v) is 3.62. The van der Waals surface area contributed by atoms with Crippen LogP contribution in [0.15, 0.2) is 47.0 Å². The highest BCUT2D eigenvalue weighted by atomic mass is 32.2. The summed E-state index contributed by atoms with van der Waals surface area (Å²) in [5.41, 5.74) is 0.549. The summed E-state index contributed by atoms with van der Waals surface area (Å²) in [6, 6.07) is 7.27. The van der Waals surface area contributed by atoms with Gasteiger partial charge >= 0.3 is 0 Å². The lowest BCUT2D eigenvalue weighted by atomic mass is 10.3. The van der Waals surface area contributed by atoms with Crippen molar-refractivity contribution in [3.63, 3.8) is 0 Å². The van der Waals surface area contributed by atoms with E-state index in [0.717, 1.165) is 5.03 Å². The van der Waals surface area contributed by atoms with Crippen molar-refractivity contribution in [3.8, 4) is 6.07 Å². The van der Waals surface area contributed by atoms with Crippen molar-refractivity contribution in [2.45, 2.75) is 10.2 Å². The average molecular weight is 214 g/mol. The fourth-order valence-corrected chi connectivity index (χ4v) is 1.59. The maximum atomic E-state index is 8.60. The fraction of sp³-hybridized carbons (Fsp3) is 0. The molecule has 0 N–H and O–H groups in total. The highest BCUT2D eigenvalue weighted by Crippen LogP contribution is 2.21. The Balaban J connectivity index is 2.16. The molecule has 2 heterocycles. The summed E-state index contributed by atoms with van der Waals surface area (Å²) in [4.78, 5) is 12.2. The molecule has 4 nitrogen and oxygen atoms in total. The Bertz CT molecular complexity index is 475. The first-order valence-corrected chi connectivity index (χ1v) is 5.01. The van der Waals surface area contributed by atoms with Gasteiger partial charge in [0.2, 0.25) is 0 Å². The third kappa shape index (κ3) is 2.51. The Morgan fingerprint density at radius 3 is 2.53 bits per heavy atom. The highest BCUT2D eigenvalue weighted by Gasteiger charge is 2.00. The van der Waals surface area contributed by atoms with Gasteiger partial charge in [0, 0.05) is 18.6 Å². The van der Waals surface area contributed by atoms with Crippen LogP contribution in [0.2, 0.25) is 0 Å². The number of nitriles is 1. The molecule has 0 aromatic carbocycles. The zero-order valence-corrected chi connectivity index (χ0v) is 8.48. The number of rotatable bonds is 2. The quantitative estimate of drug-likeness (QED) is 0.714. The minimum Gasteiger partial charge on any atom is -0.248 e. The van der Waals surface area contributed by atoms with Crippen molar-refractivity contribution in [2.75, 3.05) is 0 Å². The second-order valence-electron chi connectivity index (χ2n) is 2.63. The van der Waals surface area contributed by atoms with E-state index >= 15 is 0 Å². The van der Waals surface area contributed by atoms with Gasteiger partial charge in [-0.2, -0.15) is 5.26 Å². The molecule has 5 heteroatoms. The zero-order valence-electron chi connectivity index (χ0n) is 7.66. The van der Waals surface area contributed by atoms with E-state index in [9.17, 15) is 0 Å². The molecule has 0 atom stereocenters. The Labute approximate surface area is 91.0 Å². The van der Waals surface area contributed by atoms with Crippen LogP contribution >= 0.6 is 11.8 Å². The van der Waals surface area contributed by atoms with Gasteiger partial charge in [0.15, 0.2) is 5.16 Å². The van der Waals surface area contributed by atoms with Gasteiger partial charge in [-0.1, -0.05) is 0 Å². The number of pyridine rings is 1. The standard InChI is InChI=1S/C10H6N4S/c11-6-8-2-3-9(14-7-8)15-10-12-4-1-5-13-10/h1-5,7H. The SMILES string of the molecule is N#Cc1ccc(Sc2ncccn2)nc1. The molecular formula is C10H6N4S. The molecule has 0 radical (unpaired) electrons. The van der Waals surface area contributed by atoms with Crippen LogP contribution in [0.5, 0.6) is 0 Å². The lowest BCUT2D eigenvalue weighted by molar-refractivity contribution is 0.960. The minimum atomic E-state index is 0.549. The van der Waals surface area contributed by atoms with Gasteiger partial charge in [-0.15, -0.1) is 0 Å². The molecule has 0 amide bonds. The molecule has 2 rings (SSSR count). The Hall–Kier alpha value is -1.93. The Morgan fingerprint density at radius 1 is 1.13 bits per heavy atom. The molecule has 0 spiro atoms. The summed E-state index contributed by atoms with van der Waals surface area (Å²) in [7, 11) is 0. The first-order valence-electron chi connectivity index (χ1n) is 4.19. The molecule has 0 unspecified atom stereocenters. The fourth-order valence-electron chi connectivity index (χ4n) is 0.938. The molecule has 0 aliphatic heterocycles. The number of aromatic nitrogens is 3. The summed E-state index contributed by atoms with van der Waals surface area (Å²) in [6.07, 6.45) is 4.89. The number of hydrogen-bond donors (Lipinski definition) is 0. The van der Waals surface area contributed by atoms with Gasteiger partial charge in [0.25, 0.3) is 0 Å². The predicted molar refractivity (Wildman–Crippen MR) is 55.1 cm³/mol. The largest absolute Gasteiger partial charge is 0.248 e. The molecule has 15 heavy (non-hydrogen) atoms. The van der Waals surface area contributed by atoms with E-state index in [1.165, 1.54) is 18.0 Å². The first-order chi connectivity index (χ1) is 7.38. The highest BCUT2D eigenvalue weighted by molar-refractivity contribution is 7.99. The Kier molecular flexibility index (Phi) is 2.90. The summed E-state index contributed by atoms with van der Waals surface area (Å²) >= 11 is 1.36. The minimum absolute atomic E-state index is 0.549. The van der Waals surface area contributed by atoms with Crippen LogP contribution in [0, 0.1) is 11.3 Å². The van der Waals surface area contributed by atoms with Crippen LogP contribution in [-0.2, 0) is 0 Å². The molecule has 0 saturated carbocycles. The van der Waals surface area contributed by atoms with Crippen LogP contribution in [0.4, 0.5) is 0 Å². The van der Waals surface area contributed by atoms with Crippen molar-refractivity contribution < 1.29 is 0 Å². The predicted octanol–water partition coefficient (Wildman–Crippen LogP) is 1.89. The lowest BCUT2D eigenvalue weighted by Crippen LogP contribution is -1.85. The van der Waals surface area contributed by atoms with E-state index in [1.54, 1.807) is 30.6 Å². The van der Waals surface area contributed by atoms with Gasteiger partial charge in [-0.25, -0.2) is 15.0 Å². The summed E-state index contributed by atoms with van der Waals surface area (Å²) in [6.45, 7) is 0. The molecule has 72 valence electrons. The van der Waals surface area contributed by atoms with Crippen LogP contribution in [0.3, 0.4) is 0 Å². The summed E-state index contributed by atoms with van der Waals surface area (Å²) in [5.74, 6) is 0. The topological polar surface area (TPSA) is 62.5 Å². The van der Waals surface area contributed by atoms with Crippen molar-refractivity contribution >= 4 is 11.8 Å². The molecule has 2 aromatic rings. The summed E-state index contributed by atoms with van der Waals surface area (Å²) < 4.78 is 0. The van der Waals surface area contributed by atoms with Gasteiger partial charge in [-0.05, 0) is 30.0 Å². The van der Waals surface area contributed by atoms with Crippen LogP contribution in [-0.4, -0.2) is 15.0 Å². The van der Waals surface area contributed by atoms with E-state index in [2.05, 4.69) is 15.0 Å². The van der Waals surface area contributed by atoms with Crippen molar-refractivity contribution in [1.29, 1.82) is 5.26 Å². The molecule has 0 aliphatic carbocycles. The van der Waals surface area contributed by atoms with E-state index in [-0.39, 0.29) is 0 Å². The van der Waals surface area contributed by atoms with E-state index < -0.39 is 0 Å². The van der Waals surface area contributed by atoms with Crippen LogP contribution in [0.25, 0.3) is 0 Å². The molecule has 0 aliphatic rings. The van der Waals surface area contributed by atoms with Crippen molar-refractivity contribution in [1.82, 2.24) is 15.0 Å². The average Bonchev–Trinajstić information content (AvgIpc) is 2.31. The van der Waals surface area contributed by atoms with Crippen molar-refractivity contribution in [3.05, 3.63) is 42.4 Å². The smallest absolute Gasteiger partial charge is 0.193 e. The molecule has 0 bridgehead atoms. The van der Waals surface area contributed by atoms with E-state index in [0.29, 0.717) is 10.7 Å². The second kappa shape index (κ2) is 4.53. The zero-order chi connectivity index (χ0) is 10.5. The monoisotopic (exact) mass is 214 g/mol. The van der Waals surface area contributed by atoms with Crippen LogP contribution in [0.1, 0.15) is 5.56 Å². The molecular weight excluding hydrogens is 208 g/mol. The van der Waals surface area contributed by atoms with E-state index in [4.69, 9.17) is 5.26 Å². The van der Waals surface area contributed by atoms with Gasteiger partial charge in [-0.3, -0.25) is 0 Å². The number of nitrogens with zero attached hydrogens (tertiary/aromatic N) is 4. The van der Waals surface area contributed by atoms with Gasteiger partial charge in [0.1, 0.15) is 11.1 Å². The molecule has 0 fully saturated rings. The first kappa shape index (κ1) is 9.62. The van der Waals surface area contributed by atoms with Gasteiger partial charge < -0.3 is 0 Å².